The Labute approximate surface area is 304 Å². The second kappa shape index (κ2) is 11.7. The Morgan fingerprint density at radius 2 is 1.15 bits per heavy atom. The lowest BCUT2D eigenvalue weighted by molar-refractivity contribution is 0.359. The molecule has 0 amide bonds. The maximum atomic E-state index is 6.71. The number of hydrogen-bond acceptors (Lipinski definition) is 5. The van der Waals surface area contributed by atoms with Gasteiger partial charge in [0, 0.05) is 27.8 Å². The molecule has 53 heavy (non-hydrogen) atoms. The van der Waals surface area contributed by atoms with E-state index in [4.69, 9.17) is 19.5 Å². The maximum Gasteiger partial charge on any atom is 0.181 e. The summed E-state index contributed by atoms with van der Waals surface area (Å²) in [5.74, 6) is 3.76. The summed E-state index contributed by atoms with van der Waals surface area (Å²) in [5, 5.41) is 10.7. The van der Waals surface area contributed by atoms with Gasteiger partial charge in [0.25, 0.3) is 0 Å². The minimum absolute atomic E-state index is 0.409. The Kier molecular flexibility index (Phi) is 6.51. The molecule has 250 valence electrons. The van der Waals surface area contributed by atoms with Gasteiger partial charge in [0.2, 0.25) is 0 Å². The molecule has 2 aliphatic rings. The molecule has 0 aliphatic carbocycles. The topological polar surface area (TPSA) is 60.1 Å². The predicted molar refractivity (Wildman–Crippen MR) is 214 cm³/mol. The molecule has 0 saturated heterocycles. The lowest BCUT2D eigenvalue weighted by Gasteiger charge is -2.27. The lowest BCUT2D eigenvalue weighted by atomic mass is 9.96. The SMILES string of the molecule is c1ccc(C2N=C(c3cc(-n4c5ccccc5c5ccccc54)cc4c3Oc3ccccc3O4)N=C(c3cccc4ccc5ccccc5c34)N2)cc1. The Morgan fingerprint density at radius 3 is 1.94 bits per heavy atom. The van der Waals surface area contributed by atoms with Crippen molar-refractivity contribution < 1.29 is 9.47 Å². The molecule has 1 atom stereocenters. The van der Waals surface area contributed by atoms with Gasteiger partial charge in [0.15, 0.2) is 28.8 Å². The quantitative estimate of drug-likeness (QED) is 0.188. The van der Waals surface area contributed by atoms with Crippen molar-refractivity contribution in [2.24, 2.45) is 9.98 Å². The number of nitrogens with one attached hydrogen (secondary N) is 1. The number of ether oxygens (including phenoxy) is 2. The Balaban J connectivity index is 1.19. The van der Waals surface area contributed by atoms with Crippen LogP contribution in [0.2, 0.25) is 0 Å². The largest absolute Gasteiger partial charge is 0.449 e. The lowest BCUT2D eigenvalue weighted by Crippen LogP contribution is -2.33. The third-order valence-corrected chi connectivity index (χ3v) is 10.3. The summed E-state index contributed by atoms with van der Waals surface area (Å²) in [5.41, 5.74) is 5.87. The summed E-state index contributed by atoms with van der Waals surface area (Å²) >= 11 is 0. The van der Waals surface area contributed by atoms with Gasteiger partial charge < -0.3 is 19.4 Å². The third kappa shape index (κ3) is 4.73. The number of para-hydroxylation sites is 4. The van der Waals surface area contributed by atoms with E-state index in [9.17, 15) is 0 Å². The highest BCUT2D eigenvalue weighted by molar-refractivity contribution is 6.23. The molecule has 0 fully saturated rings. The van der Waals surface area contributed by atoms with Crippen LogP contribution in [0.5, 0.6) is 23.0 Å². The van der Waals surface area contributed by atoms with Crippen molar-refractivity contribution in [2.45, 2.75) is 6.17 Å². The highest BCUT2D eigenvalue weighted by Crippen LogP contribution is 2.49. The molecule has 11 rings (SSSR count). The number of aromatic nitrogens is 1. The molecule has 9 aromatic rings. The summed E-state index contributed by atoms with van der Waals surface area (Å²) in [7, 11) is 0. The number of nitrogens with zero attached hydrogens (tertiary/aromatic N) is 3. The fourth-order valence-electron chi connectivity index (χ4n) is 7.88. The van der Waals surface area contributed by atoms with Crippen molar-refractivity contribution in [3.05, 3.63) is 187 Å². The monoisotopic (exact) mass is 682 g/mol. The standard InChI is InChI=1S/C47H30N4O2/c1-2-14-31(15-3-1)45-48-46(36-20-12-16-30-26-25-29-13-4-5-17-33(29)43(30)36)50-47(49-45)37-27-32(28-42-44(37)53-41-24-11-10-23-40(41)52-42)51-38-21-8-6-18-34(38)35-19-7-9-22-39(35)51/h1-28,45H,(H,48,49,50). The van der Waals surface area contributed by atoms with Crippen LogP contribution < -0.4 is 14.8 Å². The second-order valence-electron chi connectivity index (χ2n) is 13.4. The Morgan fingerprint density at radius 1 is 0.509 bits per heavy atom. The average Bonchev–Trinajstić information content (AvgIpc) is 3.57. The van der Waals surface area contributed by atoms with Gasteiger partial charge in [-0.3, -0.25) is 0 Å². The molecule has 6 nitrogen and oxygen atoms in total. The van der Waals surface area contributed by atoms with Crippen molar-refractivity contribution in [3.8, 4) is 28.7 Å². The van der Waals surface area contributed by atoms with E-state index in [2.05, 4.69) is 137 Å². The van der Waals surface area contributed by atoms with Gasteiger partial charge in [0.1, 0.15) is 12.0 Å². The van der Waals surface area contributed by atoms with Gasteiger partial charge in [-0.15, -0.1) is 0 Å². The summed E-state index contributed by atoms with van der Waals surface area (Å²) in [4.78, 5) is 10.7. The molecule has 0 bridgehead atoms. The smallest absolute Gasteiger partial charge is 0.181 e. The molecule has 6 heteroatoms. The van der Waals surface area contributed by atoms with Gasteiger partial charge in [-0.1, -0.05) is 133 Å². The summed E-state index contributed by atoms with van der Waals surface area (Å²) in [6, 6.07) is 58.6. The second-order valence-corrected chi connectivity index (χ2v) is 13.4. The maximum absolute atomic E-state index is 6.71. The first-order valence-corrected chi connectivity index (χ1v) is 17.8. The minimum Gasteiger partial charge on any atom is -0.449 e. The Bertz CT molecular complexity index is 2940. The molecule has 3 heterocycles. The molecule has 1 N–H and O–H groups in total. The number of benzene rings is 8. The zero-order valence-corrected chi connectivity index (χ0v) is 28.4. The van der Waals surface area contributed by atoms with E-state index in [1.54, 1.807) is 0 Å². The van der Waals surface area contributed by atoms with Crippen LogP contribution in [-0.4, -0.2) is 16.2 Å². The summed E-state index contributed by atoms with van der Waals surface area (Å²) in [6.45, 7) is 0. The summed E-state index contributed by atoms with van der Waals surface area (Å²) in [6.07, 6.45) is -0.409. The van der Waals surface area contributed by atoms with Crippen LogP contribution in [0.4, 0.5) is 0 Å². The number of hydrogen-bond donors (Lipinski definition) is 1. The van der Waals surface area contributed by atoms with E-state index in [1.165, 1.54) is 21.5 Å². The summed E-state index contributed by atoms with van der Waals surface area (Å²) < 4.78 is 15.6. The van der Waals surface area contributed by atoms with E-state index in [-0.39, 0.29) is 0 Å². The number of rotatable bonds is 4. The predicted octanol–water partition coefficient (Wildman–Crippen LogP) is 11.5. The van der Waals surface area contributed by atoms with E-state index >= 15 is 0 Å². The van der Waals surface area contributed by atoms with Gasteiger partial charge in [-0.2, -0.15) is 0 Å². The first-order chi connectivity index (χ1) is 26.3. The first-order valence-electron chi connectivity index (χ1n) is 17.8. The molecule has 2 aliphatic heterocycles. The molecule has 1 aromatic heterocycles. The molecule has 0 saturated carbocycles. The molecule has 0 spiro atoms. The van der Waals surface area contributed by atoms with Gasteiger partial charge in [-0.05, 0) is 52.1 Å². The van der Waals surface area contributed by atoms with Crippen LogP contribution >= 0.6 is 0 Å². The van der Waals surface area contributed by atoms with Crippen LogP contribution in [0.1, 0.15) is 22.9 Å². The molecule has 8 aromatic carbocycles. The highest BCUT2D eigenvalue weighted by Gasteiger charge is 2.30. The van der Waals surface area contributed by atoms with Crippen molar-refractivity contribution in [1.82, 2.24) is 9.88 Å². The zero-order chi connectivity index (χ0) is 34.9. The number of fused-ring (bicyclic) bond motifs is 8. The van der Waals surface area contributed by atoms with E-state index in [1.807, 2.05) is 42.5 Å². The van der Waals surface area contributed by atoms with Crippen molar-refractivity contribution in [3.63, 3.8) is 0 Å². The number of amidine groups is 2. The van der Waals surface area contributed by atoms with Crippen molar-refractivity contribution in [2.75, 3.05) is 0 Å². The van der Waals surface area contributed by atoms with E-state index < -0.39 is 6.17 Å². The van der Waals surface area contributed by atoms with E-state index in [0.29, 0.717) is 28.8 Å². The fourth-order valence-corrected chi connectivity index (χ4v) is 7.88. The zero-order valence-electron chi connectivity index (χ0n) is 28.4. The molecular formula is C47H30N4O2. The fraction of sp³-hybridized carbons (Fsp3) is 0.0213. The van der Waals surface area contributed by atoms with E-state index in [0.717, 1.165) is 50.0 Å². The van der Waals surface area contributed by atoms with Crippen LogP contribution in [0, 0.1) is 0 Å². The average molecular weight is 683 g/mol. The molecule has 0 radical (unpaired) electrons. The minimum atomic E-state index is -0.409. The van der Waals surface area contributed by atoms with Gasteiger partial charge in [0.05, 0.1) is 22.3 Å². The molecule has 1 unspecified atom stereocenters. The third-order valence-electron chi connectivity index (χ3n) is 10.3. The van der Waals surface area contributed by atoms with Crippen LogP contribution in [0.15, 0.2) is 180 Å². The van der Waals surface area contributed by atoms with Crippen molar-refractivity contribution in [1.29, 1.82) is 0 Å². The van der Waals surface area contributed by atoms with Crippen molar-refractivity contribution >= 4 is 55.0 Å². The first kappa shape index (κ1) is 29.5. The van der Waals surface area contributed by atoms with Gasteiger partial charge in [-0.25, -0.2) is 9.98 Å². The highest BCUT2D eigenvalue weighted by atomic mass is 16.6. The van der Waals surface area contributed by atoms with Gasteiger partial charge >= 0.3 is 0 Å². The molecular weight excluding hydrogens is 653 g/mol. The van der Waals surface area contributed by atoms with Crippen LogP contribution in [0.25, 0.3) is 49.0 Å². The Hall–Kier alpha value is -7.18. The van der Waals surface area contributed by atoms with Crippen LogP contribution in [-0.2, 0) is 0 Å². The normalized spacial score (nSPS) is 14.9. The number of aliphatic imine (C=N–C) groups is 2. The van der Waals surface area contributed by atoms with Crippen LogP contribution in [0.3, 0.4) is 0 Å².